The maximum atomic E-state index is 13.2. The van der Waals surface area contributed by atoms with Crippen LogP contribution in [0.4, 0.5) is 0 Å². The highest BCUT2D eigenvalue weighted by molar-refractivity contribution is 6.30. The third-order valence-corrected chi connectivity index (χ3v) is 5.12. The summed E-state index contributed by atoms with van der Waals surface area (Å²) in [6.45, 7) is 3.16. The number of esters is 1. The van der Waals surface area contributed by atoms with Gasteiger partial charge in [-0.05, 0) is 61.9 Å². The molecule has 2 N–H and O–H groups in total. The summed E-state index contributed by atoms with van der Waals surface area (Å²) < 4.78 is 11.9. The molecule has 1 amide bonds. The monoisotopic (exact) mass is 428 g/mol. The van der Waals surface area contributed by atoms with Gasteiger partial charge in [0.1, 0.15) is 5.75 Å². The summed E-state index contributed by atoms with van der Waals surface area (Å²) in [4.78, 5) is 36.8. The van der Waals surface area contributed by atoms with Gasteiger partial charge in [0.15, 0.2) is 6.10 Å². The molecule has 1 heterocycles. The maximum Gasteiger partial charge on any atom is 0.311 e. The first-order valence-corrected chi connectivity index (χ1v) is 9.57. The Morgan fingerprint density at radius 1 is 1.13 bits per heavy atom. The molecule has 0 bridgehead atoms. The van der Waals surface area contributed by atoms with Crippen molar-refractivity contribution >= 4 is 40.3 Å². The molecule has 30 heavy (non-hydrogen) atoms. The normalized spacial score (nSPS) is 11.9. The van der Waals surface area contributed by atoms with Crippen LogP contribution in [0.25, 0.3) is 10.9 Å². The lowest BCUT2D eigenvalue weighted by Gasteiger charge is -2.10. The zero-order valence-corrected chi connectivity index (χ0v) is 17.5. The fourth-order valence-corrected chi connectivity index (χ4v) is 3.36. The number of aromatic nitrogens is 1. The molecule has 0 spiro atoms. The van der Waals surface area contributed by atoms with Gasteiger partial charge in [-0.25, -0.2) is 0 Å². The molecule has 0 fully saturated rings. The van der Waals surface area contributed by atoms with Crippen molar-refractivity contribution in [3.05, 3.63) is 64.3 Å². The average molecular weight is 429 g/mol. The molecule has 7 nitrogen and oxygen atoms in total. The molecule has 1 aromatic heterocycles. The maximum absolute atomic E-state index is 13.2. The fourth-order valence-electron chi connectivity index (χ4n) is 3.24. The third kappa shape index (κ3) is 4.16. The number of amides is 1. The Hall–Kier alpha value is -3.32. The number of hydrogen-bond acceptors (Lipinski definition) is 5. The zero-order valence-electron chi connectivity index (χ0n) is 16.8. The van der Waals surface area contributed by atoms with Crippen LogP contribution in [0.2, 0.25) is 5.02 Å². The minimum absolute atomic E-state index is 0.131. The smallest absolute Gasteiger partial charge is 0.311 e. The highest BCUT2D eigenvalue weighted by Crippen LogP contribution is 2.31. The van der Waals surface area contributed by atoms with Gasteiger partial charge in [0.2, 0.25) is 0 Å². The Balaban J connectivity index is 2.09. The number of ether oxygens (including phenoxy) is 2. The van der Waals surface area contributed by atoms with Crippen molar-refractivity contribution in [2.75, 3.05) is 7.11 Å². The van der Waals surface area contributed by atoms with Crippen molar-refractivity contribution in [2.24, 2.45) is 5.73 Å². The van der Waals surface area contributed by atoms with Crippen molar-refractivity contribution in [3.8, 4) is 5.75 Å². The SMILES string of the molecule is COc1ccc2c(c1)c(CC(=O)OC(C)C(N)=O)c(C)n2C(=O)c1ccc(Cl)cc1. The van der Waals surface area contributed by atoms with Crippen molar-refractivity contribution in [3.63, 3.8) is 0 Å². The average Bonchev–Trinajstić information content (AvgIpc) is 2.98. The Bertz CT molecular complexity index is 1130. The highest BCUT2D eigenvalue weighted by atomic mass is 35.5. The summed E-state index contributed by atoms with van der Waals surface area (Å²) >= 11 is 5.93. The second kappa shape index (κ2) is 8.59. The van der Waals surface area contributed by atoms with Crippen LogP contribution in [0.3, 0.4) is 0 Å². The Labute approximate surface area is 178 Å². The Morgan fingerprint density at radius 2 is 1.80 bits per heavy atom. The van der Waals surface area contributed by atoms with E-state index >= 15 is 0 Å². The van der Waals surface area contributed by atoms with Crippen LogP contribution in [0.5, 0.6) is 5.75 Å². The first-order valence-electron chi connectivity index (χ1n) is 9.20. The summed E-state index contributed by atoms with van der Waals surface area (Å²) in [5.41, 5.74) is 7.43. The molecule has 1 atom stereocenters. The molecule has 0 aliphatic carbocycles. The number of nitrogens with zero attached hydrogens (tertiary/aromatic N) is 1. The number of primary amides is 1. The first-order chi connectivity index (χ1) is 14.2. The van der Waals surface area contributed by atoms with Gasteiger partial charge < -0.3 is 15.2 Å². The largest absolute Gasteiger partial charge is 0.497 e. The second-order valence-electron chi connectivity index (χ2n) is 6.81. The van der Waals surface area contributed by atoms with E-state index in [0.29, 0.717) is 38.5 Å². The van der Waals surface area contributed by atoms with Crippen LogP contribution < -0.4 is 10.5 Å². The molecule has 2 aromatic carbocycles. The number of halogens is 1. The van der Waals surface area contributed by atoms with Crippen molar-refractivity contribution in [1.29, 1.82) is 0 Å². The molecule has 156 valence electrons. The van der Waals surface area contributed by atoms with E-state index in [1.165, 1.54) is 18.6 Å². The van der Waals surface area contributed by atoms with Gasteiger partial charge in [0.05, 0.1) is 19.0 Å². The molecule has 0 saturated carbocycles. The van der Waals surface area contributed by atoms with Crippen LogP contribution in [0.1, 0.15) is 28.5 Å². The molecule has 1 unspecified atom stereocenters. The summed E-state index contributed by atoms with van der Waals surface area (Å²) in [6, 6.07) is 11.8. The van der Waals surface area contributed by atoms with Gasteiger partial charge in [-0.15, -0.1) is 0 Å². The number of carbonyl (C=O) groups is 3. The minimum atomic E-state index is -1.05. The quantitative estimate of drug-likeness (QED) is 0.607. The van der Waals surface area contributed by atoms with E-state index in [-0.39, 0.29) is 12.3 Å². The van der Waals surface area contributed by atoms with Crippen LogP contribution in [0, 0.1) is 6.92 Å². The topological polar surface area (TPSA) is 101 Å². The summed E-state index contributed by atoms with van der Waals surface area (Å²) in [5, 5.41) is 1.20. The van der Waals surface area contributed by atoms with E-state index in [1.807, 2.05) is 0 Å². The molecular weight excluding hydrogens is 408 g/mol. The van der Waals surface area contributed by atoms with E-state index in [0.717, 1.165) is 0 Å². The van der Waals surface area contributed by atoms with Crippen LogP contribution in [-0.2, 0) is 20.7 Å². The first kappa shape index (κ1) is 21.4. The second-order valence-corrected chi connectivity index (χ2v) is 7.24. The number of nitrogens with two attached hydrogens (primary N) is 1. The standard InChI is InChI=1S/C22H21ClN2O5/c1-12-17(11-20(26)30-13(2)21(24)27)18-10-16(29-3)8-9-19(18)25(12)22(28)14-4-6-15(23)7-5-14/h4-10,13H,11H2,1-3H3,(H2,24,27). The lowest BCUT2D eigenvalue weighted by Crippen LogP contribution is -2.31. The van der Waals surface area contributed by atoms with Gasteiger partial charge in [0, 0.05) is 21.7 Å². The molecule has 0 aliphatic rings. The minimum Gasteiger partial charge on any atom is -0.497 e. The number of benzene rings is 2. The number of fused-ring (bicyclic) bond motifs is 1. The lowest BCUT2D eigenvalue weighted by molar-refractivity contribution is -0.153. The number of carbonyl (C=O) groups excluding carboxylic acids is 3. The molecule has 3 aromatic rings. The van der Waals surface area contributed by atoms with Gasteiger partial charge >= 0.3 is 5.97 Å². The molecule has 8 heteroatoms. The predicted octanol–water partition coefficient (Wildman–Crippen LogP) is 3.26. The van der Waals surface area contributed by atoms with Gasteiger partial charge in [-0.3, -0.25) is 19.0 Å². The van der Waals surface area contributed by atoms with Crippen molar-refractivity contribution < 1.29 is 23.9 Å². The Morgan fingerprint density at radius 3 is 2.40 bits per heavy atom. The van der Waals surface area contributed by atoms with Gasteiger partial charge in [-0.2, -0.15) is 0 Å². The Kier molecular flexibility index (Phi) is 6.12. The van der Waals surface area contributed by atoms with Gasteiger partial charge in [0.25, 0.3) is 11.8 Å². The lowest BCUT2D eigenvalue weighted by atomic mass is 10.1. The van der Waals surface area contributed by atoms with E-state index in [9.17, 15) is 14.4 Å². The van der Waals surface area contributed by atoms with Crippen molar-refractivity contribution in [2.45, 2.75) is 26.4 Å². The number of hydrogen-bond donors (Lipinski definition) is 1. The molecule has 0 aliphatic heterocycles. The van der Waals surface area contributed by atoms with E-state index in [1.54, 1.807) is 49.4 Å². The molecular formula is C22H21ClN2O5. The number of rotatable bonds is 6. The highest BCUT2D eigenvalue weighted by Gasteiger charge is 2.23. The van der Waals surface area contributed by atoms with E-state index in [4.69, 9.17) is 26.8 Å². The van der Waals surface area contributed by atoms with Gasteiger partial charge in [-0.1, -0.05) is 11.6 Å². The molecule has 0 saturated heterocycles. The fraction of sp³-hybridized carbons (Fsp3) is 0.227. The van der Waals surface area contributed by atoms with E-state index in [2.05, 4.69) is 0 Å². The van der Waals surface area contributed by atoms with Crippen LogP contribution >= 0.6 is 11.6 Å². The molecule has 0 radical (unpaired) electrons. The summed E-state index contributed by atoms with van der Waals surface area (Å²) in [7, 11) is 1.53. The van der Waals surface area contributed by atoms with E-state index < -0.39 is 18.0 Å². The zero-order chi connectivity index (χ0) is 22.0. The summed E-state index contributed by atoms with van der Waals surface area (Å²) in [5.74, 6) is -1.03. The third-order valence-electron chi connectivity index (χ3n) is 4.87. The van der Waals surface area contributed by atoms with Crippen LogP contribution in [-0.4, -0.2) is 35.6 Å². The number of methoxy groups -OCH3 is 1. The van der Waals surface area contributed by atoms with Crippen molar-refractivity contribution in [1.82, 2.24) is 4.57 Å². The predicted molar refractivity (Wildman–Crippen MR) is 113 cm³/mol. The summed E-state index contributed by atoms with van der Waals surface area (Å²) in [6.07, 6.45) is -1.18. The van der Waals surface area contributed by atoms with Crippen LogP contribution in [0.15, 0.2) is 42.5 Å². The molecule has 3 rings (SSSR count).